The van der Waals surface area contributed by atoms with Crippen LogP contribution in [0.5, 0.6) is 0 Å². The molecule has 7 nitrogen and oxygen atoms in total. The number of amides is 3. The van der Waals surface area contributed by atoms with E-state index in [1.54, 1.807) is 22.3 Å². The van der Waals surface area contributed by atoms with E-state index in [0.717, 1.165) is 11.1 Å². The molecule has 0 saturated carbocycles. The normalized spacial score (nSPS) is 21.3. The second-order valence-corrected chi connectivity index (χ2v) is 7.45. The van der Waals surface area contributed by atoms with Crippen molar-refractivity contribution in [3.8, 4) is 11.1 Å². The molecule has 140 valence electrons. The van der Waals surface area contributed by atoms with Crippen LogP contribution in [0.15, 0.2) is 35.0 Å². The van der Waals surface area contributed by atoms with Gasteiger partial charge in [0, 0.05) is 19.7 Å². The number of nitrogens with one attached hydrogen (secondary N) is 2. The summed E-state index contributed by atoms with van der Waals surface area (Å²) in [5.41, 5.74) is 2.96. The fraction of sp³-hybridized carbons (Fsp3) is 0.316. The van der Waals surface area contributed by atoms with Crippen LogP contribution in [0.2, 0.25) is 0 Å². The van der Waals surface area contributed by atoms with Crippen LogP contribution in [0.25, 0.3) is 11.1 Å². The minimum absolute atomic E-state index is 0.0475. The number of hydrogen-bond acceptors (Lipinski definition) is 5. The molecule has 0 bridgehead atoms. The number of thiophene rings is 1. The molecule has 2 aliphatic heterocycles. The highest BCUT2D eigenvalue weighted by Crippen LogP contribution is 2.32. The van der Waals surface area contributed by atoms with Gasteiger partial charge in [0.25, 0.3) is 5.91 Å². The lowest BCUT2D eigenvalue weighted by molar-refractivity contribution is -0.125. The number of carbonyl (C=O) groups excluding carboxylic acids is 3. The van der Waals surface area contributed by atoms with Crippen LogP contribution in [0.3, 0.4) is 0 Å². The van der Waals surface area contributed by atoms with Gasteiger partial charge in [-0.25, -0.2) is 0 Å². The minimum atomic E-state index is -0.595. The predicted octanol–water partition coefficient (Wildman–Crippen LogP) is 1.71. The first-order valence-electron chi connectivity index (χ1n) is 8.63. The van der Waals surface area contributed by atoms with Gasteiger partial charge < -0.3 is 20.3 Å². The van der Waals surface area contributed by atoms with Gasteiger partial charge in [-0.2, -0.15) is 11.3 Å². The molecule has 2 aliphatic rings. The summed E-state index contributed by atoms with van der Waals surface area (Å²) in [5.74, 6) is -0.684. The topological polar surface area (TPSA) is 87.7 Å². The summed E-state index contributed by atoms with van der Waals surface area (Å²) in [7, 11) is 1.45. The van der Waals surface area contributed by atoms with Crippen LogP contribution in [0.1, 0.15) is 16.8 Å². The number of anilines is 1. The molecule has 1 fully saturated rings. The summed E-state index contributed by atoms with van der Waals surface area (Å²) < 4.78 is 4.82. The lowest BCUT2D eigenvalue weighted by atomic mass is 10.0. The molecular formula is C19H19N3O4S. The number of methoxy groups -OCH3 is 1. The van der Waals surface area contributed by atoms with Crippen LogP contribution in [-0.4, -0.2) is 55.0 Å². The zero-order valence-corrected chi connectivity index (χ0v) is 15.5. The summed E-state index contributed by atoms with van der Waals surface area (Å²) in [5, 5.41) is 9.67. The van der Waals surface area contributed by atoms with Crippen molar-refractivity contribution in [3.63, 3.8) is 0 Å². The predicted molar refractivity (Wildman–Crippen MR) is 102 cm³/mol. The average Bonchev–Trinajstić information content (AvgIpc) is 3.30. The van der Waals surface area contributed by atoms with Crippen LogP contribution >= 0.6 is 11.3 Å². The van der Waals surface area contributed by atoms with Crippen LogP contribution in [0.4, 0.5) is 5.69 Å². The van der Waals surface area contributed by atoms with Crippen LogP contribution in [-0.2, 0) is 14.3 Å². The maximum absolute atomic E-state index is 13.1. The van der Waals surface area contributed by atoms with Crippen molar-refractivity contribution in [2.75, 3.05) is 25.6 Å². The minimum Gasteiger partial charge on any atom is -0.375 e. The maximum atomic E-state index is 13.1. The van der Waals surface area contributed by atoms with Gasteiger partial charge in [-0.15, -0.1) is 0 Å². The number of nitrogens with zero attached hydrogens (tertiary/aromatic N) is 1. The molecule has 1 saturated heterocycles. The zero-order chi connectivity index (χ0) is 19.0. The molecule has 2 aromatic rings. The first-order chi connectivity index (χ1) is 13.1. The number of benzene rings is 1. The van der Waals surface area contributed by atoms with E-state index in [1.807, 2.05) is 29.0 Å². The number of rotatable bonds is 4. The standard InChI is InChI=1S/C19H19N3O4S/c1-26-9-17(23)20-13-7-16-18(24)21-15-3-2-11(12-4-5-27-10-12)6-14(15)19(25)22(16)8-13/h2-6,10,13,16H,7-9H2,1H3,(H,20,23)(H,21,24)/t13-,16-/m1/s1. The number of ether oxygens (including phenoxy) is 1. The Hall–Kier alpha value is -2.71. The van der Waals surface area contributed by atoms with E-state index < -0.39 is 6.04 Å². The average molecular weight is 385 g/mol. The van der Waals surface area contributed by atoms with E-state index in [4.69, 9.17) is 4.74 Å². The van der Waals surface area contributed by atoms with Crippen LogP contribution < -0.4 is 10.6 Å². The number of carbonyl (C=O) groups is 3. The summed E-state index contributed by atoms with van der Waals surface area (Å²) >= 11 is 1.59. The Labute approximate surface area is 160 Å². The molecule has 0 unspecified atom stereocenters. The van der Waals surface area contributed by atoms with Crippen molar-refractivity contribution in [1.82, 2.24) is 10.2 Å². The van der Waals surface area contributed by atoms with E-state index in [-0.39, 0.29) is 30.4 Å². The molecular weight excluding hydrogens is 366 g/mol. The van der Waals surface area contributed by atoms with E-state index >= 15 is 0 Å². The third kappa shape index (κ3) is 3.33. The van der Waals surface area contributed by atoms with E-state index in [1.165, 1.54) is 7.11 Å². The highest BCUT2D eigenvalue weighted by atomic mass is 32.1. The van der Waals surface area contributed by atoms with Gasteiger partial charge >= 0.3 is 0 Å². The first kappa shape index (κ1) is 17.7. The third-order valence-electron chi connectivity index (χ3n) is 4.87. The molecule has 27 heavy (non-hydrogen) atoms. The molecule has 4 rings (SSSR count). The Morgan fingerprint density at radius 3 is 2.93 bits per heavy atom. The molecule has 0 aliphatic carbocycles. The van der Waals surface area contributed by atoms with Crippen molar-refractivity contribution in [2.24, 2.45) is 0 Å². The summed E-state index contributed by atoms with van der Waals surface area (Å²) in [6.07, 6.45) is 0.387. The van der Waals surface area contributed by atoms with Gasteiger partial charge in [0.05, 0.1) is 11.3 Å². The quantitative estimate of drug-likeness (QED) is 0.839. The smallest absolute Gasteiger partial charge is 0.256 e. The van der Waals surface area contributed by atoms with E-state index in [2.05, 4.69) is 10.6 Å². The molecule has 0 spiro atoms. The summed E-state index contributed by atoms with van der Waals surface area (Å²) in [6.45, 7) is 0.253. The Morgan fingerprint density at radius 1 is 1.33 bits per heavy atom. The Morgan fingerprint density at radius 2 is 2.19 bits per heavy atom. The van der Waals surface area contributed by atoms with E-state index in [0.29, 0.717) is 24.2 Å². The SMILES string of the molecule is COCC(=O)N[C@@H]1C[C@@H]2C(=O)Nc3ccc(-c4ccsc4)cc3C(=O)N2C1. The highest BCUT2D eigenvalue weighted by molar-refractivity contribution is 7.08. The zero-order valence-electron chi connectivity index (χ0n) is 14.7. The van der Waals surface area contributed by atoms with E-state index in [9.17, 15) is 14.4 Å². The molecule has 2 atom stereocenters. The second-order valence-electron chi connectivity index (χ2n) is 6.67. The lowest BCUT2D eigenvalue weighted by Crippen LogP contribution is -2.41. The number of fused-ring (bicyclic) bond motifs is 2. The second kappa shape index (κ2) is 7.13. The van der Waals surface area contributed by atoms with Gasteiger partial charge in [0.2, 0.25) is 11.8 Å². The molecule has 3 amide bonds. The van der Waals surface area contributed by atoms with Gasteiger partial charge in [-0.05, 0) is 46.5 Å². The summed E-state index contributed by atoms with van der Waals surface area (Å²) in [4.78, 5) is 39.1. The molecule has 0 radical (unpaired) electrons. The molecule has 8 heteroatoms. The van der Waals surface area contributed by atoms with Crippen LogP contribution in [0, 0.1) is 0 Å². The van der Waals surface area contributed by atoms with Crippen molar-refractivity contribution in [2.45, 2.75) is 18.5 Å². The van der Waals surface area contributed by atoms with Crippen molar-refractivity contribution in [1.29, 1.82) is 0 Å². The monoisotopic (exact) mass is 385 g/mol. The van der Waals surface area contributed by atoms with Gasteiger partial charge in [-0.3, -0.25) is 14.4 Å². The third-order valence-corrected chi connectivity index (χ3v) is 5.55. The maximum Gasteiger partial charge on any atom is 0.256 e. The van der Waals surface area contributed by atoms with Crippen molar-refractivity contribution in [3.05, 3.63) is 40.6 Å². The van der Waals surface area contributed by atoms with Gasteiger partial charge in [-0.1, -0.05) is 6.07 Å². The molecule has 1 aromatic carbocycles. The molecule has 2 N–H and O–H groups in total. The Balaban J connectivity index is 1.61. The highest BCUT2D eigenvalue weighted by Gasteiger charge is 2.43. The van der Waals surface area contributed by atoms with Gasteiger partial charge in [0.15, 0.2) is 0 Å². The molecule has 3 heterocycles. The van der Waals surface area contributed by atoms with Crippen molar-refractivity contribution >= 4 is 34.7 Å². The first-order valence-corrected chi connectivity index (χ1v) is 9.58. The molecule has 1 aromatic heterocycles. The lowest BCUT2D eigenvalue weighted by Gasteiger charge is -2.20. The Kier molecular flexibility index (Phi) is 4.67. The fourth-order valence-electron chi connectivity index (χ4n) is 3.62. The fourth-order valence-corrected chi connectivity index (χ4v) is 4.29. The number of hydrogen-bond donors (Lipinski definition) is 2. The van der Waals surface area contributed by atoms with Gasteiger partial charge in [0.1, 0.15) is 12.6 Å². The Bertz CT molecular complexity index is 896. The summed E-state index contributed by atoms with van der Waals surface area (Å²) in [6, 6.07) is 6.62. The largest absolute Gasteiger partial charge is 0.375 e. The van der Waals surface area contributed by atoms with Crippen molar-refractivity contribution < 1.29 is 19.1 Å².